The fourth-order valence-electron chi connectivity index (χ4n) is 3.92. The van der Waals surface area contributed by atoms with Gasteiger partial charge in [0.1, 0.15) is 5.76 Å². The molecule has 1 aromatic heterocycles. The van der Waals surface area contributed by atoms with E-state index in [9.17, 15) is 4.79 Å². The molecule has 0 amide bonds. The second-order valence-corrected chi connectivity index (χ2v) is 8.52. The number of nitrogens with zero attached hydrogens (tertiary/aromatic N) is 2. The van der Waals surface area contributed by atoms with Gasteiger partial charge in [0.25, 0.3) is 0 Å². The first-order chi connectivity index (χ1) is 15.0. The van der Waals surface area contributed by atoms with Crippen LogP contribution < -0.4 is 5.32 Å². The molecule has 1 N–H and O–H groups in total. The van der Waals surface area contributed by atoms with Crippen molar-refractivity contribution in [2.24, 2.45) is 5.92 Å². The van der Waals surface area contributed by atoms with Gasteiger partial charge in [0.15, 0.2) is 5.11 Å². The topological polar surface area (TPSA) is 58.0 Å². The van der Waals surface area contributed by atoms with Crippen LogP contribution in [0.1, 0.15) is 49.2 Å². The van der Waals surface area contributed by atoms with Crippen molar-refractivity contribution in [2.45, 2.75) is 39.7 Å². The summed E-state index contributed by atoms with van der Waals surface area (Å²) in [6.07, 6.45) is 5.35. The highest BCUT2D eigenvalue weighted by Crippen LogP contribution is 2.17. The monoisotopic (exact) mass is 443 g/mol. The maximum absolute atomic E-state index is 11.8. The molecule has 1 fully saturated rings. The van der Waals surface area contributed by atoms with Gasteiger partial charge in [-0.15, -0.1) is 0 Å². The van der Waals surface area contributed by atoms with Gasteiger partial charge in [-0.2, -0.15) is 0 Å². The number of piperidine rings is 1. The number of esters is 1. The Balaban J connectivity index is 1.57. The van der Waals surface area contributed by atoms with Gasteiger partial charge in [-0.1, -0.05) is 6.92 Å². The number of hydrogen-bond acceptors (Lipinski definition) is 5. The average molecular weight is 444 g/mol. The Bertz CT molecular complexity index is 823. The minimum atomic E-state index is -0.317. The second-order valence-electron chi connectivity index (χ2n) is 8.13. The number of furan rings is 1. The third kappa shape index (κ3) is 7.36. The molecular formula is C24H33N3O3S. The third-order valence-corrected chi connectivity index (χ3v) is 5.87. The predicted octanol–water partition coefficient (Wildman–Crippen LogP) is 4.78. The highest BCUT2D eigenvalue weighted by atomic mass is 32.1. The number of hydrogen-bond donors (Lipinski definition) is 1. The number of carbonyl (C=O) groups excluding carboxylic acids is 1. The van der Waals surface area contributed by atoms with Gasteiger partial charge >= 0.3 is 5.97 Å². The summed E-state index contributed by atoms with van der Waals surface area (Å²) >= 11 is 5.71. The number of thiocarbonyl (C=S) groups is 1. The highest BCUT2D eigenvalue weighted by Gasteiger charge is 2.17. The lowest BCUT2D eigenvalue weighted by atomic mass is 10.0. The molecule has 2 heterocycles. The Morgan fingerprint density at radius 1 is 1.32 bits per heavy atom. The molecule has 7 heteroatoms. The number of likely N-dealkylation sites (tertiary alicyclic amines) is 1. The van der Waals surface area contributed by atoms with E-state index < -0.39 is 0 Å². The van der Waals surface area contributed by atoms with Crippen LogP contribution in [0.25, 0.3) is 0 Å². The molecule has 1 aromatic carbocycles. The molecule has 168 valence electrons. The van der Waals surface area contributed by atoms with Crippen LogP contribution in [0.2, 0.25) is 0 Å². The molecule has 2 aromatic rings. The van der Waals surface area contributed by atoms with Gasteiger partial charge in [-0.25, -0.2) is 4.79 Å². The summed E-state index contributed by atoms with van der Waals surface area (Å²) in [7, 11) is 0. The Morgan fingerprint density at radius 2 is 2.13 bits per heavy atom. The number of benzene rings is 1. The fraction of sp³-hybridized carbons (Fsp3) is 0.500. The zero-order chi connectivity index (χ0) is 22.1. The molecule has 3 rings (SSSR count). The minimum Gasteiger partial charge on any atom is -0.467 e. The number of rotatable bonds is 9. The fourth-order valence-corrected chi connectivity index (χ4v) is 4.20. The Kier molecular flexibility index (Phi) is 8.91. The lowest BCUT2D eigenvalue weighted by Crippen LogP contribution is -2.39. The molecule has 0 saturated carbocycles. The van der Waals surface area contributed by atoms with Crippen LogP contribution in [-0.2, 0) is 11.3 Å². The summed E-state index contributed by atoms with van der Waals surface area (Å²) in [4.78, 5) is 16.5. The standard InChI is InChI=1S/C24H33N3O3S/c1-3-29-23(28)20-9-11-21(12-10-20)25-24(31)27(18-22-8-5-16-30-22)15-6-14-26-13-4-7-19(2)17-26/h5,8-12,16,19H,3-4,6-7,13-15,17-18H2,1-2H3,(H,25,31)/t19-/m0/s1. The lowest BCUT2D eigenvalue weighted by molar-refractivity contribution is 0.0526. The number of carbonyl (C=O) groups is 1. The molecule has 1 aliphatic heterocycles. The van der Waals surface area contributed by atoms with Crippen molar-refractivity contribution in [3.8, 4) is 0 Å². The first-order valence-electron chi connectivity index (χ1n) is 11.1. The second kappa shape index (κ2) is 11.9. The first kappa shape index (κ1) is 23.3. The maximum atomic E-state index is 11.8. The molecule has 31 heavy (non-hydrogen) atoms. The van der Waals surface area contributed by atoms with E-state index in [4.69, 9.17) is 21.4 Å². The van der Waals surface area contributed by atoms with Crippen molar-refractivity contribution in [3.05, 3.63) is 54.0 Å². The van der Waals surface area contributed by atoms with E-state index in [1.54, 1.807) is 25.3 Å². The first-order valence-corrected chi connectivity index (χ1v) is 11.5. The van der Waals surface area contributed by atoms with Crippen molar-refractivity contribution >= 4 is 29.0 Å². The van der Waals surface area contributed by atoms with Crippen molar-refractivity contribution in [2.75, 3.05) is 38.1 Å². The summed E-state index contributed by atoms with van der Waals surface area (Å²) in [6.45, 7) is 9.42. The summed E-state index contributed by atoms with van der Waals surface area (Å²) in [6, 6.07) is 11.1. The zero-order valence-corrected chi connectivity index (χ0v) is 19.3. The summed E-state index contributed by atoms with van der Waals surface area (Å²) < 4.78 is 10.6. The lowest BCUT2D eigenvalue weighted by Gasteiger charge is -2.32. The Labute approximate surface area is 190 Å². The van der Waals surface area contributed by atoms with Gasteiger partial charge in [0.05, 0.1) is 25.0 Å². The average Bonchev–Trinajstić information content (AvgIpc) is 3.27. The Hall–Kier alpha value is -2.38. The molecule has 1 aliphatic rings. The van der Waals surface area contributed by atoms with Crippen LogP contribution in [-0.4, -0.2) is 53.7 Å². The van der Waals surface area contributed by atoms with Crippen LogP contribution in [0, 0.1) is 5.92 Å². The predicted molar refractivity (Wildman–Crippen MR) is 127 cm³/mol. The number of nitrogens with one attached hydrogen (secondary N) is 1. The van der Waals surface area contributed by atoms with Crippen LogP contribution in [0.3, 0.4) is 0 Å². The molecular weight excluding hydrogens is 410 g/mol. The van der Waals surface area contributed by atoms with E-state index in [1.165, 1.54) is 25.9 Å². The van der Waals surface area contributed by atoms with E-state index in [0.717, 1.165) is 36.9 Å². The van der Waals surface area contributed by atoms with Gasteiger partial charge in [-0.3, -0.25) is 0 Å². The van der Waals surface area contributed by atoms with E-state index in [-0.39, 0.29) is 5.97 Å². The molecule has 0 unspecified atom stereocenters. The molecule has 0 radical (unpaired) electrons. The van der Waals surface area contributed by atoms with Crippen molar-refractivity contribution in [3.63, 3.8) is 0 Å². The summed E-state index contributed by atoms with van der Waals surface area (Å²) in [5, 5.41) is 3.94. The summed E-state index contributed by atoms with van der Waals surface area (Å²) in [5.74, 6) is 1.35. The van der Waals surface area contributed by atoms with E-state index in [1.807, 2.05) is 24.3 Å². The van der Waals surface area contributed by atoms with E-state index in [0.29, 0.717) is 23.8 Å². The molecule has 0 bridgehead atoms. The van der Waals surface area contributed by atoms with Crippen LogP contribution in [0.5, 0.6) is 0 Å². The largest absolute Gasteiger partial charge is 0.467 e. The molecule has 1 atom stereocenters. The smallest absolute Gasteiger partial charge is 0.338 e. The van der Waals surface area contributed by atoms with Crippen molar-refractivity contribution in [1.82, 2.24) is 9.80 Å². The normalized spacial score (nSPS) is 16.6. The van der Waals surface area contributed by atoms with Crippen molar-refractivity contribution in [1.29, 1.82) is 0 Å². The minimum absolute atomic E-state index is 0.317. The van der Waals surface area contributed by atoms with Gasteiger partial charge < -0.3 is 24.3 Å². The third-order valence-electron chi connectivity index (χ3n) is 5.50. The quantitative estimate of drug-likeness (QED) is 0.442. The summed E-state index contributed by atoms with van der Waals surface area (Å²) in [5.41, 5.74) is 1.37. The SMILES string of the molecule is CCOC(=O)c1ccc(NC(=S)N(CCCN2CCC[C@H](C)C2)Cc2ccco2)cc1. The van der Waals surface area contributed by atoms with E-state index in [2.05, 4.69) is 22.0 Å². The number of anilines is 1. The molecule has 0 aliphatic carbocycles. The van der Waals surface area contributed by atoms with Crippen molar-refractivity contribution < 1.29 is 13.9 Å². The van der Waals surface area contributed by atoms with Gasteiger partial charge in [-0.05, 0) is 93.8 Å². The molecule has 6 nitrogen and oxygen atoms in total. The van der Waals surface area contributed by atoms with Crippen LogP contribution in [0.4, 0.5) is 5.69 Å². The Morgan fingerprint density at radius 3 is 2.81 bits per heavy atom. The molecule has 1 saturated heterocycles. The highest BCUT2D eigenvalue weighted by molar-refractivity contribution is 7.80. The van der Waals surface area contributed by atoms with Crippen LogP contribution >= 0.6 is 12.2 Å². The van der Waals surface area contributed by atoms with Gasteiger partial charge in [0.2, 0.25) is 0 Å². The molecule has 0 spiro atoms. The number of ether oxygens (including phenoxy) is 1. The van der Waals surface area contributed by atoms with Gasteiger partial charge in [0, 0.05) is 18.8 Å². The van der Waals surface area contributed by atoms with Crippen LogP contribution in [0.15, 0.2) is 47.1 Å². The van der Waals surface area contributed by atoms with E-state index >= 15 is 0 Å². The zero-order valence-electron chi connectivity index (χ0n) is 18.5. The maximum Gasteiger partial charge on any atom is 0.338 e.